The number of aryl methyl sites for hydroxylation is 1. The van der Waals surface area contributed by atoms with Crippen molar-refractivity contribution in [1.29, 1.82) is 0 Å². The summed E-state index contributed by atoms with van der Waals surface area (Å²) < 4.78 is 1.61. The Labute approximate surface area is 150 Å². The highest BCUT2D eigenvalue weighted by Crippen LogP contribution is 2.23. The third-order valence-electron chi connectivity index (χ3n) is 3.56. The molecule has 3 aromatic rings. The summed E-state index contributed by atoms with van der Waals surface area (Å²) in [7, 11) is 0. The van der Waals surface area contributed by atoms with E-state index >= 15 is 0 Å². The predicted molar refractivity (Wildman–Crippen MR) is 96.0 cm³/mol. The van der Waals surface area contributed by atoms with E-state index < -0.39 is 5.91 Å². The van der Waals surface area contributed by atoms with Crippen molar-refractivity contribution in [2.75, 3.05) is 13.2 Å². The third kappa shape index (κ3) is 3.87. The topological polar surface area (TPSA) is 80.0 Å². The fourth-order valence-electron chi connectivity index (χ4n) is 2.39. The van der Waals surface area contributed by atoms with E-state index in [1.165, 1.54) is 0 Å². The fourth-order valence-corrected chi connectivity index (χ4v) is 2.52. The Bertz CT molecular complexity index is 890. The monoisotopic (exact) mass is 356 g/mol. The molecule has 25 heavy (non-hydrogen) atoms. The van der Waals surface area contributed by atoms with E-state index in [-0.39, 0.29) is 19.0 Å². The van der Waals surface area contributed by atoms with Crippen LogP contribution in [0, 0.1) is 6.92 Å². The summed E-state index contributed by atoms with van der Waals surface area (Å²) in [5.74, 6) is 0.163. The number of carbonyl (C=O) groups is 1. The Hall–Kier alpha value is -2.70. The van der Waals surface area contributed by atoms with Crippen LogP contribution in [0.3, 0.4) is 0 Å². The Balaban J connectivity index is 2.09. The number of hydrogen-bond acceptors (Lipinski definition) is 4. The first kappa shape index (κ1) is 17.1. The van der Waals surface area contributed by atoms with Crippen molar-refractivity contribution in [1.82, 2.24) is 20.1 Å². The summed E-state index contributed by atoms with van der Waals surface area (Å²) in [4.78, 5) is 16.6. The van der Waals surface area contributed by atoms with Gasteiger partial charge >= 0.3 is 0 Å². The normalized spacial score (nSPS) is 10.7. The fraction of sp³-hybridized carbons (Fsp3) is 0.167. The number of halogens is 1. The molecule has 2 N–H and O–H groups in total. The number of aliphatic hydroxyl groups excluding tert-OH is 1. The van der Waals surface area contributed by atoms with E-state index in [1.807, 2.05) is 43.3 Å². The SMILES string of the molecule is Cc1cccc(-c2nc(C(=O)NCCO)nn2-c2ccc(Cl)cc2)c1. The molecule has 128 valence electrons. The lowest BCUT2D eigenvalue weighted by Gasteiger charge is -2.06. The molecule has 0 fully saturated rings. The highest BCUT2D eigenvalue weighted by Gasteiger charge is 2.18. The second-order valence-electron chi connectivity index (χ2n) is 5.50. The number of hydrogen-bond donors (Lipinski definition) is 2. The minimum Gasteiger partial charge on any atom is -0.395 e. The van der Waals surface area contributed by atoms with Gasteiger partial charge in [0, 0.05) is 17.1 Å². The Morgan fingerprint density at radius 2 is 2.00 bits per heavy atom. The van der Waals surface area contributed by atoms with Crippen molar-refractivity contribution in [3.8, 4) is 17.1 Å². The number of aliphatic hydroxyl groups is 1. The molecule has 0 aliphatic rings. The minimum absolute atomic E-state index is 0.0416. The van der Waals surface area contributed by atoms with Crippen LogP contribution >= 0.6 is 11.6 Å². The summed E-state index contributed by atoms with van der Waals surface area (Å²) in [6, 6.07) is 14.9. The molecule has 2 aromatic carbocycles. The van der Waals surface area contributed by atoms with Gasteiger partial charge in [0.25, 0.3) is 5.91 Å². The van der Waals surface area contributed by atoms with E-state index in [2.05, 4.69) is 15.4 Å². The molecule has 1 heterocycles. The van der Waals surface area contributed by atoms with Crippen molar-refractivity contribution in [3.63, 3.8) is 0 Å². The molecule has 7 heteroatoms. The molecule has 1 amide bonds. The first-order valence-electron chi connectivity index (χ1n) is 7.77. The maximum Gasteiger partial charge on any atom is 0.291 e. The zero-order valence-corrected chi connectivity index (χ0v) is 14.4. The lowest BCUT2D eigenvalue weighted by Crippen LogP contribution is -2.27. The number of rotatable bonds is 5. The van der Waals surface area contributed by atoms with Crippen molar-refractivity contribution in [3.05, 3.63) is 64.9 Å². The molecule has 0 spiro atoms. The van der Waals surface area contributed by atoms with Gasteiger partial charge in [0.2, 0.25) is 5.82 Å². The molecule has 0 atom stereocenters. The van der Waals surface area contributed by atoms with Crippen LogP contribution in [0.15, 0.2) is 48.5 Å². The summed E-state index contributed by atoms with van der Waals surface area (Å²) in [6.07, 6.45) is 0. The van der Waals surface area contributed by atoms with Gasteiger partial charge in [0.1, 0.15) is 0 Å². The van der Waals surface area contributed by atoms with Crippen molar-refractivity contribution >= 4 is 17.5 Å². The first-order chi connectivity index (χ1) is 12.1. The summed E-state index contributed by atoms with van der Waals surface area (Å²) in [6.45, 7) is 1.99. The highest BCUT2D eigenvalue weighted by molar-refractivity contribution is 6.30. The van der Waals surface area contributed by atoms with E-state index in [0.29, 0.717) is 10.8 Å². The quantitative estimate of drug-likeness (QED) is 0.736. The molecule has 0 aliphatic carbocycles. The molecule has 0 unspecified atom stereocenters. The van der Waals surface area contributed by atoms with Gasteiger partial charge in [-0.15, -0.1) is 5.10 Å². The minimum atomic E-state index is -0.435. The van der Waals surface area contributed by atoms with E-state index in [0.717, 1.165) is 16.8 Å². The number of carbonyl (C=O) groups excluding carboxylic acids is 1. The second-order valence-corrected chi connectivity index (χ2v) is 5.93. The summed E-state index contributed by atoms with van der Waals surface area (Å²) in [5, 5.41) is 16.4. The van der Waals surface area contributed by atoms with Crippen molar-refractivity contribution in [2.45, 2.75) is 6.92 Å². The first-order valence-corrected chi connectivity index (χ1v) is 8.15. The molecular weight excluding hydrogens is 340 g/mol. The third-order valence-corrected chi connectivity index (χ3v) is 3.81. The van der Waals surface area contributed by atoms with Crippen LogP contribution in [0.1, 0.15) is 16.2 Å². The Morgan fingerprint density at radius 3 is 2.68 bits per heavy atom. The number of nitrogens with one attached hydrogen (secondary N) is 1. The van der Waals surface area contributed by atoms with Crippen LogP contribution < -0.4 is 5.32 Å². The van der Waals surface area contributed by atoms with Crippen LogP contribution in [0.25, 0.3) is 17.1 Å². The zero-order valence-electron chi connectivity index (χ0n) is 13.6. The van der Waals surface area contributed by atoms with Gasteiger partial charge < -0.3 is 10.4 Å². The number of aromatic nitrogens is 3. The van der Waals surface area contributed by atoms with Gasteiger partial charge in [-0.2, -0.15) is 0 Å². The molecule has 0 aliphatic heterocycles. The largest absolute Gasteiger partial charge is 0.395 e. The van der Waals surface area contributed by atoms with Crippen LogP contribution in [0.4, 0.5) is 0 Å². The summed E-state index contributed by atoms with van der Waals surface area (Å²) in [5.41, 5.74) is 2.67. The second kappa shape index (κ2) is 7.46. The smallest absolute Gasteiger partial charge is 0.291 e. The molecule has 1 aromatic heterocycles. The van der Waals surface area contributed by atoms with Crippen molar-refractivity contribution in [2.24, 2.45) is 0 Å². The molecular formula is C18H17ClN4O2. The van der Waals surface area contributed by atoms with Crippen LogP contribution in [-0.2, 0) is 0 Å². The molecule has 0 radical (unpaired) electrons. The number of amides is 1. The molecule has 0 bridgehead atoms. The molecule has 0 saturated heterocycles. The zero-order chi connectivity index (χ0) is 17.8. The van der Waals surface area contributed by atoms with E-state index in [4.69, 9.17) is 16.7 Å². The van der Waals surface area contributed by atoms with Gasteiger partial charge in [-0.3, -0.25) is 4.79 Å². The molecule has 3 rings (SSSR count). The maximum absolute atomic E-state index is 12.2. The van der Waals surface area contributed by atoms with Gasteiger partial charge in [-0.25, -0.2) is 9.67 Å². The molecule has 0 saturated carbocycles. The Kier molecular flexibility index (Phi) is 5.11. The predicted octanol–water partition coefficient (Wildman–Crippen LogP) is 2.62. The summed E-state index contributed by atoms with van der Waals surface area (Å²) >= 11 is 5.96. The standard InChI is InChI=1S/C18H17ClN4O2/c1-12-3-2-4-13(11-12)17-21-16(18(25)20-9-10-24)22-23(17)15-7-5-14(19)6-8-15/h2-8,11,24H,9-10H2,1H3,(H,20,25). The average molecular weight is 357 g/mol. The van der Waals surface area contributed by atoms with Gasteiger partial charge in [-0.05, 0) is 37.3 Å². The van der Waals surface area contributed by atoms with Crippen LogP contribution in [-0.4, -0.2) is 38.9 Å². The maximum atomic E-state index is 12.2. The van der Waals surface area contributed by atoms with E-state index in [1.54, 1.807) is 16.8 Å². The number of benzene rings is 2. The molecule has 6 nitrogen and oxygen atoms in total. The lowest BCUT2D eigenvalue weighted by molar-refractivity contribution is 0.0934. The van der Waals surface area contributed by atoms with E-state index in [9.17, 15) is 4.79 Å². The lowest BCUT2D eigenvalue weighted by atomic mass is 10.1. The van der Waals surface area contributed by atoms with Crippen LogP contribution in [0.2, 0.25) is 5.02 Å². The Morgan fingerprint density at radius 1 is 1.24 bits per heavy atom. The number of nitrogens with zero attached hydrogens (tertiary/aromatic N) is 3. The van der Waals surface area contributed by atoms with Gasteiger partial charge in [-0.1, -0.05) is 35.4 Å². The highest BCUT2D eigenvalue weighted by atomic mass is 35.5. The van der Waals surface area contributed by atoms with Gasteiger partial charge in [0.05, 0.1) is 12.3 Å². The van der Waals surface area contributed by atoms with Gasteiger partial charge in [0.15, 0.2) is 5.82 Å². The van der Waals surface area contributed by atoms with Crippen molar-refractivity contribution < 1.29 is 9.90 Å². The van der Waals surface area contributed by atoms with Crippen LogP contribution in [0.5, 0.6) is 0 Å². The average Bonchev–Trinajstić information content (AvgIpc) is 3.06.